The third-order valence-electron chi connectivity index (χ3n) is 9.83. The molecule has 8 nitrogen and oxygen atoms in total. The van der Waals surface area contributed by atoms with Crippen LogP contribution in [0.4, 0.5) is 5.69 Å². The van der Waals surface area contributed by atoms with Crippen molar-refractivity contribution in [3.63, 3.8) is 0 Å². The number of anilines is 1. The minimum absolute atomic E-state index is 0.168. The Hall–Kier alpha value is -4.01. The van der Waals surface area contributed by atoms with E-state index in [-0.39, 0.29) is 30.7 Å². The Morgan fingerprint density at radius 1 is 0.953 bits per heavy atom. The highest BCUT2D eigenvalue weighted by Gasteiger charge is 2.70. The molecule has 3 aromatic rings. The number of hydrogen-bond acceptors (Lipinski definition) is 6. The minimum atomic E-state index is -1.39. The second-order valence-corrected chi connectivity index (χ2v) is 12.3. The SMILES string of the molecule is CCCN1C(=O)[C@H]2[C@H](CC=C3[C@H]2C[C@H]2C(=O)N(c4cccc(Cl)c4)C(=O)[C@@]2(c2ccccc2)[C@H]3c2ccc(CO)o2)C1=O. The number of nitrogens with zero attached hydrogens (tertiary/aromatic N) is 2. The quantitative estimate of drug-likeness (QED) is 0.316. The molecule has 0 unspecified atom stereocenters. The van der Waals surface area contributed by atoms with Gasteiger partial charge in [0.15, 0.2) is 0 Å². The summed E-state index contributed by atoms with van der Waals surface area (Å²) in [5, 5.41) is 10.3. The molecule has 220 valence electrons. The maximum absolute atomic E-state index is 15.0. The van der Waals surface area contributed by atoms with E-state index in [1.165, 1.54) is 9.80 Å². The number of allylic oxidation sites excluding steroid dienone is 2. The Morgan fingerprint density at radius 2 is 1.74 bits per heavy atom. The second-order valence-electron chi connectivity index (χ2n) is 11.9. The molecule has 2 aliphatic carbocycles. The predicted molar refractivity (Wildman–Crippen MR) is 158 cm³/mol. The van der Waals surface area contributed by atoms with E-state index in [0.717, 1.165) is 5.57 Å². The van der Waals surface area contributed by atoms with Crippen molar-refractivity contribution < 1.29 is 28.7 Å². The van der Waals surface area contributed by atoms with E-state index < -0.39 is 40.9 Å². The van der Waals surface area contributed by atoms with Crippen LogP contribution in [0.3, 0.4) is 0 Å². The van der Waals surface area contributed by atoms with Crippen molar-refractivity contribution in [2.45, 2.75) is 44.1 Å². The summed E-state index contributed by atoms with van der Waals surface area (Å²) in [4.78, 5) is 59.4. The lowest BCUT2D eigenvalue weighted by Gasteiger charge is -2.49. The topological polar surface area (TPSA) is 108 Å². The van der Waals surface area contributed by atoms with Crippen LogP contribution in [0, 0.1) is 23.7 Å². The first kappa shape index (κ1) is 27.8. The number of fused-ring (bicyclic) bond motifs is 4. The monoisotopic (exact) mass is 598 g/mol. The van der Waals surface area contributed by atoms with Crippen molar-refractivity contribution in [2.24, 2.45) is 23.7 Å². The van der Waals surface area contributed by atoms with Gasteiger partial charge >= 0.3 is 0 Å². The first-order valence-corrected chi connectivity index (χ1v) is 15.1. The molecule has 6 atom stereocenters. The van der Waals surface area contributed by atoms with Crippen LogP contribution in [0.25, 0.3) is 0 Å². The molecule has 7 rings (SSSR count). The summed E-state index contributed by atoms with van der Waals surface area (Å²) < 4.78 is 6.18. The van der Waals surface area contributed by atoms with Gasteiger partial charge in [-0.05, 0) is 61.1 Å². The zero-order chi connectivity index (χ0) is 30.0. The summed E-state index contributed by atoms with van der Waals surface area (Å²) in [6, 6.07) is 19.4. The number of carbonyl (C=O) groups is 4. The fourth-order valence-corrected chi connectivity index (χ4v) is 8.38. The van der Waals surface area contributed by atoms with Crippen LogP contribution in [0.15, 0.2) is 82.8 Å². The van der Waals surface area contributed by atoms with Crippen LogP contribution in [-0.4, -0.2) is 40.2 Å². The van der Waals surface area contributed by atoms with E-state index >= 15 is 4.79 Å². The lowest BCUT2D eigenvalue weighted by molar-refractivity contribution is -0.140. The second kappa shape index (κ2) is 10.3. The molecule has 0 radical (unpaired) electrons. The highest BCUT2D eigenvalue weighted by atomic mass is 35.5. The third-order valence-corrected chi connectivity index (χ3v) is 10.1. The Bertz CT molecular complexity index is 1680. The normalized spacial score (nSPS) is 29.9. The summed E-state index contributed by atoms with van der Waals surface area (Å²) in [5.41, 5.74) is 0.471. The lowest BCUT2D eigenvalue weighted by atomic mass is 9.50. The molecular weight excluding hydrogens is 568 g/mol. The van der Waals surface area contributed by atoms with Crippen molar-refractivity contribution in [3.05, 3.63) is 100 Å². The zero-order valence-electron chi connectivity index (χ0n) is 23.6. The van der Waals surface area contributed by atoms with Crippen LogP contribution in [-0.2, 0) is 31.2 Å². The van der Waals surface area contributed by atoms with Crippen LogP contribution in [0.5, 0.6) is 0 Å². The van der Waals surface area contributed by atoms with Crippen LogP contribution in [0.1, 0.15) is 49.2 Å². The third kappa shape index (κ3) is 3.85. The number of hydrogen-bond donors (Lipinski definition) is 1. The van der Waals surface area contributed by atoms with E-state index in [0.29, 0.717) is 47.2 Å². The number of benzene rings is 2. The number of carbonyl (C=O) groups excluding carboxylic acids is 4. The van der Waals surface area contributed by atoms with E-state index in [1.807, 2.05) is 43.3 Å². The van der Waals surface area contributed by atoms with Gasteiger partial charge in [-0.3, -0.25) is 24.1 Å². The molecule has 2 aromatic carbocycles. The highest BCUT2D eigenvalue weighted by Crippen LogP contribution is 2.64. The molecule has 3 fully saturated rings. The molecule has 3 heterocycles. The van der Waals surface area contributed by atoms with E-state index in [9.17, 15) is 19.5 Å². The molecule has 1 N–H and O–H groups in total. The number of likely N-dealkylation sites (tertiary alicyclic amines) is 1. The van der Waals surface area contributed by atoms with Gasteiger partial charge in [-0.15, -0.1) is 0 Å². The highest BCUT2D eigenvalue weighted by molar-refractivity contribution is 6.32. The molecule has 1 aromatic heterocycles. The van der Waals surface area contributed by atoms with Gasteiger partial charge in [0.1, 0.15) is 23.5 Å². The van der Waals surface area contributed by atoms with Gasteiger partial charge in [-0.2, -0.15) is 0 Å². The van der Waals surface area contributed by atoms with Crippen LogP contribution in [0.2, 0.25) is 5.02 Å². The number of halogens is 1. The molecular formula is C34H31ClN2O6. The maximum atomic E-state index is 15.0. The van der Waals surface area contributed by atoms with E-state index in [2.05, 4.69) is 0 Å². The number of imide groups is 2. The van der Waals surface area contributed by atoms with Crippen molar-refractivity contribution in [1.82, 2.24) is 4.90 Å². The fourth-order valence-electron chi connectivity index (χ4n) is 8.20. The Labute approximate surface area is 253 Å². The summed E-state index contributed by atoms with van der Waals surface area (Å²) in [6.45, 7) is 1.95. The molecule has 2 saturated heterocycles. The fraction of sp³-hybridized carbons (Fsp3) is 0.353. The van der Waals surface area contributed by atoms with Crippen molar-refractivity contribution >= 4 is 40.9 Å². The van der Waals surface area contributed by atoms with Gasteiger partial charge in [-0.25, -0.2) is 4.90 Å². The first-order valence-electron chi connectivity index (χ1n) is 14.8. The van der Waals surface area contributed by atoms with E-state index in [4.69, 9.17) is 16.0 Å². The summed E-state index contributed by atoms with van der Waals surface area (Å²) in [6.07, 6.45) is 3.24. The Balaban J connectivity index is 1.47. The average Bonchev–Trinajstić information content (AvgIpc) is 3.65. The molecule has 9 heteroatoms. The summed E-state index contributed by atoms with van der Waals surface area (Å²) >= 11 is 6.32. The van der Waals surface area contributed by atoms with Gasteiger partial charge in [0.2, 0.25) is 23.6 Å². The number of furan rings is 1. The zero-order valence-corrected chi connectivity index (χ0v) is 24.4. The molecule has 0 bridgehead atoms. The van der Waals surface area contributed by atoms with Gasteiger partial charge in [0.25, 0.3) is 0 Å². The first-order chi connectivity index (χ1) is 20.8. The van der Waals surface area contributed by atoms with Crippen LogP contribution < -0.4 is 4.90 Å². The van der Waals surface area contributed by atoms with Crippen molar-refractivity contribution in [2.75, 3.05) is 11.4 Å². The van der Waals surface area contributed by atoms with Crippen molar-refractivity contribution in [1.29, 1.82) is 0 Å². The Kier molecular flexibility index (Phi) is 6.67. The number of aliphatic hydroxyl groups excluding tert-OH is 1. The van der Waals surface area contributed by atoms with Crippen molar-refractivity contribution in [3.8, 4) is 0 Å². The summed E-state index contributed by atoms with van der Waals surface area (Å²) in [5.74, 6) is -3.55. The molecule has 1 saturated carbocycles. The largest absolute Gasteiger partial charge is 0.463 e. The van der Waals surface area contributed by atoms with Gasteiger partial charge in [-0.1, -0.05) is 66.6 Å². The number of aliphatic hydroxyl groups is 1. The maximum Gasteiger partial charge on any atom is 0.246 e. The summed E-state index contributed by atoms with van der Waals surface area (Å²) in [7, 11) is 0. The smallest absolute Gasteiger partial charge is 0.246 e. The Morgan fingerprint density at radius 3 is 2.44 bits per heavy atom. The predicted octanol–water partition coefficient (Wildman–Crippen LogP) is 5.00. The molecule has 4 aliphatic rings. The van der Waals surface area contributed by atoms with Crippen LogP contribution >= 0.6 is 11.6 Å². The van der Waals surface area contributed by atoms with Gasteiger partial charge < -0.3 is 9.52 Å². The van der Waals surface area contributed by atoms with Gasteiger partial charge in [0, 0.05) is 11.6 Å². The molecule has 43 heavy (non-hydrogen) atoms. The molecule has 4 amide bonds. The average molecular weight is 599 g/mol. The minimum Gasteiger partial charge on any atom is -0.463 e. The number of amides is 4. The standard InChI is InChI=1S/C34H31ClN2O6/c1-2-15-36-30(39)24-13-12-23-25(28(24)32(36)41)17-26-31(40)37(21-10-6-9-20(35)16-21)33(42)34(26,19-7-4-3-5-8-19)29(23)27-14-11-22(18-38)43-27/h3-12,14,16,24-26,28-29,38H,2,13,15,17-18H2,1H3/t24-,25+,26-,28-,29+,34+/m0/s1. The van der Waals surface area contributed by atoms with E-state index in [1.54, 1.807) is 36.4 Å². The molecule has 2 aliphatic heterocycles. The number of rotatable bonds is 6. The molecule has 0 spiro atoms. The van der Waals surface area contributed by atoms with Gasteiger partial charge in [0.05, 0.1) is 29.4 Å². The lowest BCUT2D eigenvalue weighted by Crippen LogP contribution is -2.53.